The minimum Gasteiger partial charge on any atom is -0.380 e. The second kappa shape index (κ2) is 8.86. The van der Waals surface area contributed by atoms with Gasteiger partial charge in [0.25, 0.3) is 0 Å². The number of rotatable bonds is 8. The lowest BCUT2D eigenvalue weighted by Crippen LogP contribution is -2.35. The summed E-state index contributed by atoms with van der Waals surface area (Å²) in [5.41, 5.74) is 0. The molecule has 0 aromatic carbocycles. The molecule has 1 fully saturated rings. The molecule has 0 aromatic heterocycles. The van der Waals surface area contributed by atoms with Gasteiger partial charge < -0.3 is 19.5 Å². The molecule has 1 heterocycles. The molecular weight excluding hydrogens is 218 g/mol. The standard InChI is InChI=1S/C13H27NO3/c1-4-15-7-5-14-6-8-16-13-9-11(2)17-12(3)10-13/h11-14H,4-10H2,1-3H3. The van der Waals surface area contributed by atoms with E-state index in [1.165, 1.54) is 0 Å². The molecule has 0 aromatic rings. The van der Waals surface area contributed by atoms with Gasteiger partial charge >= 0.3 is 0 Å². The van der Waals surface area contributed by atoms with Crippen molar-refractivity contribution in [2.45, 2.75) is 51.9 Å². The van der Waals surface area contributed by atoms with Gasteiger partial charge in [-0.2, -0.15) is 0 Å². The second-order valence-electron chi connectivity index (χ2n) is 4.67. The Balaban J connectivity index is 1.95. The zero-order valence-corrected chi connectivity index (χ0v) is 11.4. The third-order valence-electron chi connectivity index (χ3n) is 2.91. The van der Waals surface area contributed by atoms with Crippen molar-refractivity contribution in [3.63, 3.8) is 0 Å². The van der Waals surface area contributed by atoms with E-state index in [2.05, 4.69) is 19.2 Å². The summed E-state index contributed by atoms with van der Waals surface area (Å²) in [6.45, 7) is 10.4. The van der Waals surface area contributed by atoms with Crippen LogP contribution in [0.3, 0.4) is 0 Å². The van der Waals surface area contributed by atoms with Gasteiger partial charge in [0.15, 0.2) is 0 Å². The number of hydrogen-bond acceptors (Lipinski definition) is 4. The van der Waals surface area contributed by atoms with Gasteiger partial charge in [0.2, 0.25) is 0 Å². The maximum Gasteiger partial charge on any atom is 0.0625 e. The normalized spacial score (nSPS) is 29.5. The summed E-state index contributed by atoms with van der Waals surface area (Å²) in [6, 6.07) is 0. The van der Waals surface area contributed by atoms with E-state index in [1.54, 1.807) is 0 Å². The van der Waals surface area contributed by atoms with E-state index in [4.69, 9.17) is 14.2 Å². The Labute approximate surface area is 105 Å². The van der Waals surface area contributed by atoms with Crippen molar-refractivity contribution in [1.82, 2.24) is 5.32 Å². The predicted octanol–water partition coefficient (Wildman–Crippen LogP) is 1.59. The second-order valence-corrected chi connectivity index (χ2v) is 4.67. The van der Waals surface area contributed by atoms with Crippen LogP contribution in [0.25, 0.3) is 0 Å². The fourth-order valence-corrected chi connectivity index (χ4v) is 2.19. The highest BCUT2D eigenvalue weighted by molar-refractivity contribution is 4.73. The van der Waals surface area contributed by atoms with Gasteiger partial charge in [-0.25, -0.2) is 0 Å². The third-order valence-corrected chi connectivity index (χ3v) is 2.91. The Kier molecular flexibility index (Phi) is 7.77. The van der Waals surface area contributed by atoms with E-state index in [0.29, 0.717) is 18.3 Å². The van der Waals surface area contributed by atoms with E-state index in [-0.39, 0.29) is 0 Å². The Morgan fingerprint density at radius 3 is 2.41 bits per heavy atom. The fourth-order valence-electron chi connectivity index (χ4n) is 2.19. The first-order valence-electron chi connectivity index (χ1n) is 6.78. The van der Waals surface area contributed by atoms with Crippen molar-refractivity contribution in [3.8, 4) is 0 Å². The van der Waals surface area contributed by atoms with Crippen LogP contribution in [0.4, 0.5) is 0 Å². The van der Waals surface area contributed by atoms with E-state index in [1.807, 2.05) is 6.92 Å². The molecule has 0 spiro atoms. The average molecular weight is 245 g/mol. The lowest BCUT2D eigenvalue weighted by atomic mass is 10.0. The minimum atomic E-state index is 0.328. The molecule has 1 rings (SSSR count). The van der Waals surface area contributed by atoms with Crippen LogP contribution in [-0.2, 0) is 14.2 Å². The van der Waals surface area contributed by atoms with Gasteiger partial charge in [-0.3, -0.25) is 0 Å². The summed E-state index contributed by atoms with van der Waals surface area (Å²) in [7, 11) is 0. The summed E-state index contributed by atoms with van der Waals surface area (Å²) in [6.07, 6.45) is 3.05. The molecule has 4 nitrogen and oxygen atoms in total. The SMILES string of the molecule is CCOCCNCCOC1CC(C)OC(C)C1. The van der Waals surface area contributed by atoms with E-state index >= 15 is 0 Å². The predicted molar refractivity (Wildman–Crippen MR) is 68.3 cm³/mol. The maximum absolute atomic E-state index is 5.85. The maximum atomic E-state index is 5.85. The number of ether oxygens (including phenoxy) is 3. The molecule has 0 saturated carbocycles. The van der Waals surface area contributed by atoms with Crippen molar-refractivity contribution in [2.75, 3.05) is 32.9 Å². The summed E-state index contributed by atoms with van der Waals surface area (Å²) < 4.78 is 16.8. The molecule has 102 valence electrons. The van der Waals surface area contributed by atoms with Crippen LogP contribution in [0, 0.1) is 0 Å². The molecule has 2 atom stereocenters. The first-order valence-corrected chi connectivity index (χ1v) is 6.78. The molecule has 1 aliphatic rings. The quantitative estimate of drug-likeness (QED) is 0.659. The molecule has 1 aliphatic heterocycles. The largest absolute Gasteiger partial charge is 0.380 e. The molecule has 2 unspecified atom stereocenters. The van der Waals surface area contributed by atoms with Gasteiger partial charge in [0.1, 0.15) is 0 Å². The molecule has 1 saturated heterocycles. The summed E-state index contributed by atoms with van der Waals surface area (Å²) >= 11 is 0. The minimum absolute atomic E-state index is 0.328. The van der Waals surface area contributed by atoms with E-state index in [0.717, 1.165) is 45.8 Å². The Morgan fingerprint density at radius 1 is 1.12 bits per heavy atom. The van der Waals surface area contributed by atoms with E-state index in [9.17, 15) is 0 Å². The molecule has 0 bridgehead atoms. The molecule has 0 radical (unpaired) electrons. The van der Waals surface area contributed by atoms with E-state index < -0.39 is 0 Å². The Morgan fingerprint density at radius 2 is 1.76 bits per heavy atom. The molecule has 0 amide bonds. The average Bonchev–Trinajstić information content (AvgIpc) is 2.26. The van der Waals surface area contributed by atoms with Crippen molar-refractivity contribution in [2.24, 2.45) is 0 Å². The highest BCUT2D eigenvalue weighted by Gasteiger charge is 2.24. The number of nitrogens with one attached hydrogen (secondary N) is 1. The Hall–Kier alpha value is -0.160. The topological polar surface area (TPSA) is 39.7 Å². The lowest BCUT2D eigenvalue weighted by Gasteiger charge is -2.32. The molecular formula is C13H27NO3. The monoisotopic (exact) mass is 245 g/mol. The van der Waals surface area contributed by atoms with Gasteiger partial charge in [-0.05, 0) is 33.6 Å². The zero-order valence-electron chi connectivity index (χ0n) is 11.4. The smallest absolute Gasteiger partial charge is 0.0625 e. The molecule has 1 N–H and O–H groups in total. The highest BCUT2D eigenvalue weighted by atomic mass is 16.5. The zero-order chi connectivity index (χ0) is 12.5. The number of hydrogen-bond donors (Lipinski definition) is 1. The van der Waals surface area contributed by atoms with Crippen LogP contribution < -0.4 is 5.32 Å². The first kappa shape index (κ1) is 14.9. The van der Waals surface area contributed by atoms with Crippen LogP contribution >= 0.6 is 0 Å². The van der Waals surface area contributed by atoms with Gasteiger partial charge in [0, 0.05) is 19.7 Å². The first-order chi connectivity index (χ1) is 8.22. The van der Waals surface area contributed by atoms with Crippen molar-refractivity contribution >= 4 is 0 Å². The Bertz CT molecular complexity index is 180. The molecule has 4 heteroatoms. The summed E-state index contributed by atoms with van der Waals surface area (Å²) in [5, 5.41) is 3.30. The van der Waals surface area contributed by atoms with Gasteiger partial charge in [-0.15, -0.1) is 0 Å². The lowest BCUT2D eigenvalue weighted by molar-refractivity contribution is -0.101. The van der Waals surface area contributed by atoms with Crippen LogP contribution in [0.15, 0.2) is 0 Å². The molecule has 17 heavy (non-hydrogen) atoms. The van der Waals surface area contributed by atoms with Crippen molar-refractivity contribution in [3.05, 3.63) is 0 Å². The van der Waals surface area contributed by atoms with Crippen LogP contribution in [0.5, 0.6) is 0 Å². The highest BCUT2D eigenvalue weighted by Crippen LogP contribution is 2.21. The third kappa shape index (κ3) is 6.99. The summed E-state index contributed by atoms with van der Waals surface area (Å²) in [5.74, 6) is 0. The fraction of sp³-hybridized carbons (Fsp3) is 1.00. The molecule has 0 aliphatic carbocycles. The van der Waals surface area contributed by atoms with Crippen molar-refractivity contribution < 1.29 is 14.2 Å². The summed E-state index contributed by atoms with van der Waals surface area (Å²) in [4.78, 5) is 0. The van der Waals surface area contributed by atoms with Crippen LogP contribution in [0.2, 0.25) is 0 Å². The van der Waals surface area contributed by atoms with Gasteiger partial charge in [0.05, 0.1) is 31.5 Å². The van der Waals surface area contributed by atoms with Gasteiger partial charge in [-0.1, -0.05) is 0 Å². The van der Waals surface area contributed by atoms with Crippen LogP contribution in [-0.4, -0.2) is 51.2 Å². The van der Waals surface area contributed by atoms with Crippen LogP contribution in [0.1, 0.15) is 33.6 Å². The van der Waals surface area contributed by atoms with Crippen molar-refractivity contribution in [1.29, 1.82) is 0 Å².